The van der Waals surface area contributed by atoms with Gasteiger partial charge in [0, 0.05) is 0 Å². The highest BCUT2D eigenvalue weighted by Gasteiger charge is 2.12. The van der Waals surface area contributed by atoms with Crippen LogP contribution in [0.5, 0.6) is 5.75 Å². The minimum absolute atomic E-state index is 0.133. The number of nitrogens with zero attached hydrogens (tertiary/aromatic N) is 2. The van der Waals surface area contributed by atoms with E-state index in [1.165, 1.54) is 22.5 Å². The highest BCUT2D eigenvalue weighted by molar-refractivity contribution is 7.15. The van der Waals surface area contributed by atoms with Crippen molar-refractivity contribution in [3.05, 3.63) is 34.3 Å². The molecule has 1 atom stereocenters. The molecule has 1 aromatic carbocycles. The van der Waals surface area contributed by atoms with Gasteiger partial charge in [-0.05, 0) is 44.0 Å². The number of ether oxygens (including phenoxy) is 1. The molecule has 4 nitrogen and oxygen atoms in total. The lowest BCUT2D eigenvalue weighted by Gasteiger charge is -2.12. The summed E-state index contributed by atoms with van der Waals surface area (Å²) in [6, 6.07) is 6.13. The molecule has 17 heavy (non-hydrogen) atoms. The van der Waals surface area contributed by atoms with Crippen molar-refractivity contribution in [1.29, 1.82) is 0 Å². The van der Waals surface area contributed by atoms with E-state index in [0.29, 0.717) is 5.13 Å². The van der Waals surface area contributed by atoms with E-state index in [1.807, 2.05) is 32.9 Å². The summed E-state index contributed by atoms with van der Waals surface area (Å²) >= 11 is 1.35. The average Bonchev–Trinajstić information content (AvgIpc) is 2.63. The molecular formula is C12H15N3OS. The molecule has 0 amide bonds. The minimum atomic E-state index is -0.133. The van der Waals surface area contributed by atoms with E-state index in [9.17, 15) is 0 Å². The molecule has 0 saturated carbocycles. The van der Waals surface area contributed by atoms with E-state index in [1.54, 1.807) is 0 Å². The van der Waals surface area contributed by atoms with E-state index < -0.39 is 0 Å². The van der Waals surface area contributed by atoms with Crippen LogP contribution in [-0.4, -0.2) is 10.2 Å². The molecule has 1 heterocycles. The topological polar surface area (TPSA) is 61.0 Å². The maximum Gasteiger partial charge on any atom is 0.203 e. The van der Waals surface area contributed by atoms with Crippen molar-refractivity contribution in [3.8, 4) is 5.75 Å². The first-order chi connectivity index (χ1) is 8.04. The van der Waals surface area contributed by atoms with Crippen LogP contribution in [0.2, 0.25) is 0 Å². The number of hydrogen-bond donors (Lipinski definition) is 1. The van der Waals surface area contributed by atoms with Crippen molar-refractivity contribution < 1.29 is 4.74 Å². The second-order valence-electron chi connectivity index (χ2n) is 4.06. The van der Waals surface area contributed by atoms with Crippen molar-refractivity contribution >= 4 is 16.5 Å². The maximum absolute atomic E-state index is 5.83. The van der Waals surface area contributed by atoms with Crippen LogP contribution in [0.4, 0.5) is 5.13 Å². The Hall–Kier alpha value is -1.62. The van der Waals surface area contributed by atoms with Crippen LogP contribution >= 0.6 is 11.3 Å². The number of nitrogen functional groups attached to an aromatic ring is 1. The summed E-state index contributed by atoms with van der Waals surface area (Å²) in [5.41, 5.74) is 7.92. The van der Waals surface area contributed by atoms with Gasteiger partial charge in [-0.2, -0.15) is 0 Å². The zero-order valence-corrected chi connectivity index (χ0v) is 10.9. The summed E-state index contributed by atoms with van der Waals surface area (Å²) in [6.07, 6.45) is -0.133. The van der Waals surface area contributed by atoms with E-state index >= 15 is 0 Å². The largest absolute Gasteiger partial charge is 0.483 e. The van der Waals surface area contributed by atoms with Gasteiger partial charge in [0.1, 0.15) is 11.9 Å². The third kappa shape index (κ3) is 2.94. The van der Waals surface area contributed by atoms with Crippen molar-refractivity contribution in [1.82, 2.24) is 10.2 Å². The van der Waals surface area contributed by atoms with Gasteiger partial charge in [-0.15, -0.1) is 10.2 Å². The van der Waals surface area contributed by atoms with Gasteiger partial charge in [0.05, 0.1) is 0 Å². The van der Waals surface area contributed by atoms with Gasteiger partial charge in [0.25, 0.3) is 0 Å². The zero-order chi connectivity index (χ0) is 12.4. The molecule has 90 valence electrons. The van der Waals surface area contributed by atoms with Gasteiger partial charge in [0.15, 0.2) is 5.01 Å². The lowest BCUT2D eigenvalue weighted by atomic mass is 10.1. The standard InChI is InChI=1S/C12H15N3OS/c1-7-4-8(2)6-10(5-7)16-9(3)11-14-15-12(13)17-11/h4-6,9H,1-3H3,(H2,13,15). The summed E-state index contributed by atoms with van der Waals surface area (Å²) in [5.74, 6) is 0.851. The Kier molecular flexibility index (Phi) is 3.28. The summed E-state index contributed by atoms with van der Waals surface area (Å²) < 4.78 is 5.83. The predicted molar refractivity (Wildman–Crippen MR) is 69.3 cm³/mol. The fraction of sp³-hybridized carbons (Fsp3) is 0.333. The summed E-state index contributed by atoms with van der Waals surface area (Å²) in [6.45, 7) is 6.04. The second-order valence-corrected chi connectivity index (χ2v) is 5.10. The van der Waals surface area contributed by atoms with Crippen LogP contribution in [0.15, 0.2) is 18.2 Å². The molecule has 1 aromatic heterocycles. The molecule has 1 unspecified atom stereocenters. The smallest absolute Gasteiger partial charge is 0.203 e. The first-order valence-corrected chi connectivity index (χ1v) is 6.20. The minimum Gasteiger partial charge on any atom is -0.483 e. The number of aromatic nitrogens is 2. The molecule has 0 radical (unpaired) electrons. The van der Waals surface area contributed by atoms with Gasteiger partial charge in [-0.1, -0.05) is 17.4 Å². The normalized spacial score (nSPS) is 12.4. The molecule has 0 aliphatic rings. The van der Waals surface area contributed by atoms with Crippen LogP contribution in [0.25, 0.3) is 0 Å². The molecular weight excluding hydrogens is 234 g/mol. The van der Waals surface area contributed by atoms with Crippen LogP contribution in [0, 0.1) is 13.8 Å². The van der Waals surface area contributed by atoms with Gasteiger partial charge in [0.2, 0.25) is 5.13 Å². The fourth-order valence-electron chi connectivity index (χ4n) is 1.67. The second kappa shape index (κ2) is 4.71. The molecule has 0 fully saturated rings. The number of hydrogen-bond acceptors (Lipinski definition) is 5. The lowest BCUT2D eigenvalue weighted by Crippen LogP contribution is -2.03. The molecule has 2 N–H and O–H groups in total. The predicted octanol–water partition coefficient (Wildman–Crippen LogP) is 2.88. The van der Waals surface area contributed by atoms with Crippen molar-refractivity contribution in [2.24, 2.45) is 0 Å². The highest BCUT2D eigenvalue weighted by atomic mass is 32.1. The molecule has 0 spiro atoms. The maximum atomic E-state index is 5.83. The lowest BCUT2D eigenvalue weighted by molar-refractivity contribution is 0.225. The monoisotopic (exact) mass is 249 g/mol. The Bertz CT molecular complexity index is 504. The van der Waals surface area contributed by atoms with Crippen molar-refractivity contribution in [2.45, 2.75) is 26.9 Å². The third-order valence-electron chi connectivity index (χ3n) is 2.31. The number of rotatable bonds is 3. The number of benzene rings is 1. The Labute approximate surface area is 104 Å². The first kappa shape index (κ1) is 11.9. The third-order valence-corrected chi connectivity index (χ3v) is 3.23. The van der Waals surface area contributed by atoms with Crippen molar-refractivity contribution in [2.75, 3.05) is 5.73 Å². The van der Waals surface area contributed by atoms with Gasteiger partial charge >= 0.3 is 0 Å². The van der Waals surface area contributed by atoms with Crippen LogP contribution in [0.3, 0.4) is 0 Å². The summed E-state index contributed by atoms with van der Waals surface area (Å²) in [5, 5.41) is 9.02. The number of anilines is 1. The Morgan fingerprint density at radius 1 is 1.18 bits per heavy atom. The molecule has 0 aliphatic heterocycles. The van der Waals surface area contributed by atoms with Gasteiger partial charge in [-0.3, -0.25) is 0 Å². The number of aryl methyl sites for hydroxylation is 2. The first-order valence-electron chi connectivity index (χ1n) is 5.38. The quantitative estimate of drug-likeness (QED) is 0.908. The molecule has 5 heteroatoms. The van der Waals surface area contributed by atoms with Crippen LogP contribution in [-0.2, 0) is 0 Å². The van der Waals surface area contributed by atoms with Gasteiger partial charge in [-0.25, -0.2) is 0 Å². The summed E-state index contributed by atoms with van der Waals surface area (Å²) in [7, 11) is 0. The highest BCUT2D eigenvalue weighted by Crippen LogP contribution is 2.26. The van der Waals surface area contributed by atoms with Crippen LogP contribution in [0.1, 0.15) is 29.2 Å². The Morgan fingerprint density at radius 3 is 2.35 bits per heavy atom. The fourth-order valence-corrected chi connectivity index (χ4v) is 2.26. The molecule has 2 rings (SSSR count). The van der Waals surface area contributed by atoms with E-state index in [0.717, 1.165) is 10.8 Å². The zero-order valence-electron chi connectivity index (χ0n) is 10.1. The SMILES string of the molecule is Cc1cc(C)cc(OC(C)c2nnc(N)s2)c1. The molecule has 0 bridgehead atoms. The van der Waals surface area contributed by atoms with Crippen LogP contribution < -0.4 is 10.5 Å². The molecule has 0 saturated heterocycles. The van der Waals surface area contributed by atoms with E-state index in [2.05, 4.69) is 16.3 Å². The molecule has 0 aliphatic carbocycles. The molecule has 2 aromatic rings. The van der Waals surface area contributed by atoms with E-state index in [4.69, 9.17) is 10.5 Å². The number of nitrogens with two attached hydrogens (primary N) is 1. The van der Waals surface area contributed by atoms with Gasteiger partial charge < -0.3 is 10.5 Å². The van der Waals surface area contributed by atoms with E-state index in [-0.39, 0.29) is 6.10 Å². The average molecular weight is 249 g/mol. The summed E-state index contributed by atoms with van der Waals surface area (Å²) in [4.78, 5) is 0. The Balaban J connectivity index is 2.15. The Morgan fingerprint density at radius 2 is 1.82 bits per heavy atom. The van der Waals surface area contributed by atoms with Crippen molar-refractivity contribution in [3.63, 3.8) is 0 Å².